The Kier molecular flexibility index (Phi) is 5.24. The largest absolute Gasteiger partial charge is 0.457 e. The van der Waals surface area contributed by atoms with Crippen molar-refractivity contribution in [2.24, 2.45) is 10.4 Å². The molecular weight excluding hydrogens is 372 g/mol. The van der Waals surface area contributed by atoms with Crippen LogP contribution in [0.3, 0.4) is 0 Å². The maximum absolute atomic E-state index is 5.89. The van der Waals surface area contributed by atoms with Gasteiger partial charge in [0.15, 0.2) is 0 Å². The van der Waals surface area contributed by atoms with Crippen LogP contribution in [0.5, 0.6) is 11.5 Å². The van der Waals surface area contributed by atoms with Gasteiger partial charge in [-0.1, -0.05) is 48.5 Å². The second-order valence-electron chi connectivity index (χ2n) is 8.08. The Labute approximate surface area is 177 Å². The summed E-state index contributed by atoms with van der Waals surface area (Å²) < 4.78 is 11.6. The molecule has 0 radical (unpaired) electrons. The number of amidine groups is 1. The summed E-state index contributed by atoms with van der Waals surface area (Å²) in [4.78, 5) is 5.05. The lowest BCUT2D eigenvalue weighted by Crippen LogP contribution is -2.45. The van der Waals surface area contributed by atoms with E-state index in [0.29, 0.717) is 6.54 Å². The van der Waals surface area contributed by atoms with Crippen molar-refractivity contribution in [1.29, 1.82) is 0 Å². The molecule has 30 heavy (non-hydrogen) atoms. The number of nitrogens with one attached hydrogen (secondary N) is 1. The standard InChI is InChI=1S/C26H26N2O2/c1-2-7-22(8-3-1)30-23-12-10-20(11-13-23)19-27-25-26(14-16-29-17-15-26)18-21-6-4-5-9-24(21)28-25/h1-13H,14-19H2,(H,27,28). The molecule has 152 valence electrons. The molecule has 0 aliphatic carbocycles. The highest BCUT2D eigenvalue weighted by Gasteiger charge is 2.41. The lowest BCUT2D eigenvalue weighted by atomic mass is 9.71. The Morgan fingerprint density at radius 3 is 2.33 bits per heavy atom. The molecule has 0 aromatic heterocycles. The highest BCUT2D eigenvalue weighted by molar-refractivity contribution is 6.02. The summed E-state index contributed by atoms with van der Waals surface area (Å²) >= 11 is 0. The number of benzene rings is 3. The van der Waals surface area contributed by atoms with E-state index < -0.39 is 0 Å². The normalized spacial score (nSPS) is 18.6. The molecular formula is C26H26N2O2. The molecule has 2 heterocycles. The van der Waals surface area contributed by atoms with Crippen molar-refractivity contribution in [2.75, 3.05) is 18.5 Å². The maximum atomic E-state index is 5.89. The number of hydrogen-bond acceptors (Lipinski definition) is 3. The Balaban J connectivity index is 1.34. The number of aliphatic imine (C=N–C) groups is 1. The van der Waals surface area contributed by atoms with Gasteiger partial charge in [0.25, 0.3) is 0 Å². The van der Waals surface area contributed by atoms with E-state index in [9.17, 15) is 0 Å². The Morgan fingerprint density at radius 2 is 1.53 bits per heavy atom. The first kappa shape index (κ1) is 18.9. The molecule has 0 amide bonds. The van der Waals surface area contributed by atoms with Crippen molar-refractivity contribution in [3.63, 3.8) is 0 Å². The lowest BCUT2D eigenvalue weighted by molar-refractivity contribution is 0.0448. The molecule has 1 spiro atoms. The highest BCUT2D eigenvalue weighted by Crippen LogP contribution is 2.41. The number of nitrogens with zero attached hydrogens (tertiary/aromatic N) is 1. The van der Waals surface area contributed by atoms with Gasteiger partial charge in [-0.25, -0.2) is 0 Å². The maximum Gasteiger partial charge on any atom is 0.127 e. The van der Waals surface area contributed by atoms with E-state index in [2.05, 4.69) is 41.7 Å². The van der Waals surface area contributed by atoms with Crippen LogP contribution < -0.4 is 10.1 Å². The van der Waals surface area contributed by atoms with Gasteiger partial charge in [-0.3, -0.25) is 4.99 Å². The fourth-order valence-corrected chi connectivity index (χ4v) is 4.35. The van der Waals surface area contributed by atoms with Gasteiger partial charge in [0.2, 0.25) is 0 Å². The predicted molar refractivity (Wildman–Crippen MR) is 120 cm³/mol. The first-order chi connectivity index (χ1) is 14.8. The van der Waals surface area contributed by atoms with E-state index in [4.69, 9.17) is 14.5 Å². The lowest BCUT2D eigenvalue weighted by Gasteiger charge is -2.42. The third-order valence-electron chi connectivity index (χ3n) is 6.07. The number of rotatable bonds is 4. The van der Waals surface area contributed by atoms with Gasteiger partial charge < -0.3 is 14.8 Å². The van der Waals surface area contributed by atoms with E-state index in [0.717, 1.165) is 49.8 Å². The zero-order chi connectivity index (χ0) is 20.2. The molecule has 1 N–H and O–H groups in total. The molecule has 0 bridgehead atoms. The fourth-order valence-electron chi connectivity index (χ4n) is 4.35. The molecule has 2 aliphatic rings. The van der Waals surface area contributed by atoms with Crippen molar-refractivity contribution in [2.45, 2.75) is 25.8 Å². The SMILES string of the molecule is c1ccc(Oc2ccc(CN=C3Nc4ccccc4CC34CCOCC4)cc2)cc1. The average molecular weight is 399 g/mol. The second kappa shape index (κ2) is 8.33. The predicted octanol–water partition coefficient (Wildman–Crippen LogP) is 5.84. The molecule has 4 heteroatoms. The van der Waals surface area contributed by atoms with Crippen molar-refractivity contribution < 1.29 is 9.47 Å². The van der Waals surface area contributed by atoms with Crippen LogP contribution in [0.25, 0.3) is 0 Å². The molecule has 1 fully saturated rings. The Bertz CT molecular complexity index is 1020. The summed E-state index contributed by atoms with van der Waals surface area (Å²) in [6.45, 7) is 2.25. The van der Waals surface area contributed by atoms with Crippen molar-refractivity contribution in [3.05, 3.63) is 90.0 Å². The Hall–Kier alpha value is -3.11. The van der Waals surface area contributed by atoms with Gasteiger partial charge in [0.05, 0.1) is 6.54 Å². The van der Waals surface area contributed by atoms with E-state index in [-0.39, 0.29) is 5.41 Å². The second-order valence-corrected chi connectivity index (χ2v) is 8.08. The van der Waals surface area contributed by atoms with Gasteiger partial charge in [-0.2, -0.15) is 0 Å². The van der Waals surface area contributed by atoms with Crippen LogP contribution in [0, 0.1) is 5.41 Å². The number of anilines is 1. The van der Waals surface area contributed by atoms with Crippen LogP contribution >= 0.6 is 0 Å². The molecule has 2 aliphatic heterocycles. The summed E-state index contributed by atoms with van der Waals surface area (Å²) in [5.74, 6) is 2.79. The molecule has 1 saturated heterocycles. The molecule has 0 atom stereocenters. The van der Waals surface area contributed by atoms with Crippen LogP contribution in [-0.4, -0.2) is 19.0 Å². The monoisotopic (exact) mass is 398 g/mol. The van der Waals surface area contributed by atoms with Gasteiger partial charge in [0, 0.05) is 24.3 Å². The van der Waals surface area contributed by atoms with Crippen LogP contribution in [0.15, 0.2) is 83.9 Å². The van der Waals surface area contributed by atoms with E-state index in [1.807, 2.05) is 42.5 Å². The van der Waals surface area contributed by atoms with Crippen LogP contribution in [-0.2, 0) is 17.7 Å². The minimum atomic E-state index is 0.0585. The minimum Gasteiger partial charge on any atom is -0.457 e. The van der Waals surface area contributed by atoms with Gasteiger partial charge >= 0.3 is 0 Å². The highest BCUT2D eigenvalue weighted by atomic mass is 16.5. The van der Waals surface area contributed by atoms with Crippen LogP contribution in [0.2, 0.25) is 0 Å². The first-order valence-corrected chi connectivity index (χ1v) is 10.6. The van der Waals surface area contributed by atoms with Crippen molar-refractivity contribution in [3.8, 4) is 11.5 Å². The summed E-state index contributed by atoms with van der Waals surface area (Å²) in [5.41, 5.74) is 3.79. The van der Waals surface area contributed by atoms with Crippen molar-refractivity contribution in [1.82, 2.24) is 0 Å². The number of hydrogen-bond donors (Lipinski definition) is 1. The van der Waals surface area contributed by atoms with Crippen molar-refractivity contribution >= 4 is 11.5 Å². The molecule has 3 aromatic rings. The van der Waals surface area contributed by atoms with Gasteiger partial charge in [-0.05, 0) is 60.7 Å². The first-order valence-electron chi connectivity index (χ1n) is 10.6. The zero-order valence-corrected chi connectivity index (χ0v) is 17.0. The summed E-state index contributed by atoms with van der Waals surface area (Å²) in [7, 11) is 0. The van der Waals surface area contributed by atoms with Gasteiger partial charge in [-0.15, -0.1) is 0 Å². The Morgan fingerprint density at radius 1 is 0.833 bits per heavy atom. The average Bonchev–Trinajstić information content (AvgIpc) is 2.80. The van der Waals surface area contributed by atoms with Gasteiger partial charge in [0.1, 0.15) is 17.3 Å². The third-order valence-corrected chi connectivity index (χ3v) is 6.07. The quantitative estimate of drug-likeness (QED) is 0.600. The van der Waals surface area contributed by atoms with Crippen LogP contribution in [0.1, 0.15) is 24.0 Å². The summed E-state index contributed by atoms with van der Waals surface area (Å²) in [6, 6.07) is 26.6. The molecule has 5 rings (SSSR count). The topological polar surface area (TPSA) is 42.8 Å². The van der Waals surface area contributed by atoms with E-state index >= 15 is 0 Å². The number of ether oxygens (including phenoxy) is 2. The molecule has 4 nitrogen and oxygen atoms in total. The minimum absolute atomic E-state index is 0.0585. The molecule has 0 saturated carbocycles. The molecule has 3 aromatic carbocycles. The fraction of sp³-hybridized carbons (Fsp3) is 0.269. The number of fused-ring (bicyclic) bond motifs is 1. The zero-order valence-electron chi connectivity index (χ0n) is 17.0. The summed E-state index contributed by atoms with van der Waals surface area (Å²) in [5, 5.41) is 3.64. The van der Waals surface area contributed by atoms with Crippen LogP contribution in [0.4, 0.5) is 5.69 Å². The smallest absolute Gasteiger partial charge is 0.127 e. The third kappa shape index (κ3) is 3.96. The number of para-hydroxylation sites is 2. The summed E-state index contributed by atoms with van der Waals surface area (Å²) in [6.07, 6.45) is 3.05. The van der Waals surface area contributed by atoms with E-state index in [1.165, 1.54) is 16.8 Å². The molecule has 0 unspecified atom stereocenters. The van der Waals surface area contributed by atoms with E-state index in [1.54, 1.807) is 0 Å².